The van der Waals surface area contributed by atoms with Gasteiger partial charge in [0.05, 0.1) is 11.6 Å². The molecule has 0 amide bonds. The molecule has 1 aromatic carbocycles. The number of aromatic nitrogens is 3. The number of hydrogen-bond acceptors (Lipinski definition) is 6. The van der Waals surface area contributed by atoms with E-state index in [0.717, 1.165) is 22.7 Å². The van der Waals surface area contributed by atoms with Crippen molar-refractivity contribution in [1.29, 1.82) is 5.26 Å². The van der Waals surface area contributed by atoms with Gasteiger partial charge in [-0.2, -0.15) is 5.26 Å². The highest BCUT2D eigenvalue weighted by Gasteiger charge is 2.21. The Morgan fingerprint density at radius 3 is 2.50 bits per heavy atom. The lowest BCUT2D eigenvalue weighted by atomic mass is 9.96. The van der Waals surface area contributed by atoms with Crippen LogP contribution in [0.5, 0.6) is 0 Å². The quantitative estimate of drug-likeness (QED) is 0.504. The Hall–Kier alpha value is -4.39. The Morgan fingerprint density at radius 2 is 1.81 bits per heavy atom. The van der Waals surface area contributed by atoms with E-state index >= 15 is 0 Å². The van der Waals surface area contributed by atoms with Crippen molar-refractivity contribution in [3.05, 3.63) is 87.9 Å². The van der Waals surface area contributed by atoms with Gasteiger partial charge in [0.1, 0.15) is 47.0 Å². The summed E-state index contributed by atoms with van der Waals surface area (Å²) in [5.74, 6) is -2.29. The van der Waals surface area contributed by atoms with Gasteiger partial charge in [-0.15, -0.1) is 0 Å². The van der Waals surface area contributed by atoms with Crippen LogP contribution < -0.4 is 16.6 Å². The summed E-state index contributed by atoms with van der Waals surface area (Å²) in [6.07, 6.45) is 2.17. The summed E-state index contributed by atoms with van der Waals surface area (Å²) >= 11 is 0. The average molecular weight is 436 g/mol. The fraction of sp³-hybridized carbons (Fsp3) is 0.0909. The number of nitrogens with zero attached hydrogens (tertiary/aromatic N) is 4. The molecular weight excluding hydrogens is 421 g/mol. The molecule has 4 aromatic rings. The van der Waals surface area contributed by atoms with Gasteiger partial charge < -0.3 is 11.1 Å². The van der Waals surface area contributed by atoms with Crippen LogP contribution in [0, 0.1) is 28.8 Å². The van der Waals surface area contributed by atoms with Crippen LogP contribution in [0.2, 0.25) is 0 Å². The number of hydrogen-bond donors (Lipinski definition) is 2. The SMILES string of the molecule is C[C@H](Nc1ncnc(N)c1C#N)c1cc2ccc(F)cn2c(=O)c1-c1cc(F)cc(F)c1. The zero-order valence-corrected chi connectivity index (χ0v) is 16.6. The lowest BCUT2D eigenvalue weighted by Gasteiger charge is -2.20. The van der Waals surface area contributed by atoms with Gasteiger partial charge in [-0.05, 0) is 48.4 Å². The normalized spacial score (nSPS) is 11.8. The fourth-order valence-corrected chi connectivity index (χ4v) is 3.49. The predicted molar refractivity (Wildman–Crippen MR) is 112 cm³/mol. The minimum atomic E-state index is -0.870. The number of nitrogens with two attached hydrogens (primary N) is 1. The Bertz CT molecular complexity index is 1440. The van der Waals surface area contributed by atoms with Gasteiger partial charge in [-0.25, -0.2) is 23.1 Å². The number of benzene rings is 1. The van der Waals surface area contributed by atoms with Gasteiger partial charge in [0.15, 0.2) is 0 Å². The van der Waals surface area contributed by atoms with Crippen LogP contribution in [0.25, 0.3) is 16.6 Å². The Kier molecular flexibility index (Phi) is 5.24. The number of pyridine rings is 2. The number of halogens is 3. The molecule has 0 radical (unpaired) electrons. The summed E-state index contributed by atoms with van der Waals surface area (Å²) in [6, 6.07) is 8.16. The van der Waals surface area contributed by atoms with Gasteiger partial charge in [-0.3, -0.25) is 9.20 Å². The van der Waals surface area contributed by atoms with E-state index in [1.54, 1.807) is 13.0 Å². The van der Waals surface area contributed by atoms with Gasteiger partial charge in [0.25, 0.3) is 5.56 Å². The molecule has 0 aliphatic carbocycles. The summed E-state index contributed by atoms with van der Waals surface area (Å²) in [5.41, 5.74) is 5.74. The van der Waals surface area contributed by atoms with Gasteiger partial charge in [-0.1, -0.05) is 0 Å². The molecule has 0 fully saturated rings. The molecule has 0 saturated carbocycles. The Balaban J connectivity index is 1.96. The minimum Gasteiger partial charge on any atom is -0.382 e. The topological polar surface area (TPSA) is 109 Å². The van der Waals surface area contributed by atoms with Crippen molar-refractivity contribution in [2.45, 2.75) is 13.0 Å². The largest absolute Gasteiger partial charge is 0.382 e. The maximum absolute atomic E-state index is 14.0. The minimum absolute atomic E-state index is 0.0114. The lowest BCUT2D eigenvalue weighted by molar-refractivity contribution is 0.584. The number of nitriles is 1. The first-order chi connectivity index (χ1) is 15.3. The molecule has 4 rings (SSSR count). The summed E-state index contributed by atoms with van der Waals surface area (Å²) in [4.78, 5) is 21.1. The van der Waals surface area contributed by atoms with Crippen LogP contribution in [0.4, 0.5) is 24.8 Å². The monoisotopic (exact) mass is 436 g/mol. The fourth-order valence-electron chi connectivity index (χ4n) is 3.49. The van der Waals surface area contributed by atoms with Gasteiger partial charge in [0, 0.05) is 17.8 Å². The average Bonchev–Trinajstić information content (AvgIpc) is 2.73. The molecule has 10 heteroatoms. The molecule has 0 unspecified atom stereocenters. The molecule has 0 bridgehead atoms. The van der Waals surface area contributed by atoms with Crippen LogP contribution in [0.3, 0.4) is 0 Å². The van der Waals surface area contributed by atoms with Gasteiger partial charge >= 0.3 is 0 Å². The number of anilines is 2. The van der Waals surface area contributed by atoms with Crippen molar-refractivity contribution in [2.75, 3.05) is 11.1 Å². The molecule has 0 aliphatic rings. The lowest BCUT2D eigenvalue weighted by Crippen LogP contribution is -2.21. The smallest absolute Gasteiger partial charge is 0.263 e. The van der Waals surface area contributed by atoms with Crippen molar-refractivity contribution < 1.29 is 13.2 Å². The van der Waals surface area contributed by atoms with Crippen molar-refractivity contribution in [3.63, 3.8) is 0 Å². The molecule has 3 heterocycles. The van der Waals surface area contributed by atoms with Crippen LogP contribution >= 0.6 is 0 Å². The summed E-state index contributed by atoms with van der Waals surface area (Å²) in [7, 11) is 0. The van der Waals surface area contributed by atoms with Crippen LogP contribution in [-0.2, 0) is 0 Å². The van der Waals surface area contributed by atoms with E-state index in [4.69, 9.17) is 5.73 Å². The molecule has 160 valence electrons. The number of nitrogens with one attached hydrogen (secondary N) is 1. The van der Waals surface area contributed by atoms with Crippen molar-refractivity contribution in [2.24, 2.45) is 0 Å². The van der Waals surface area contributed by atoms with E-state index in [1.165, 1.54) is 18.5 Å². The van der Waals surface area contributed by atoms with Crippen molar-refractivity contribution in [1.82, 2.24) is 14.4 Å². The van der Waals surface area contributed by atoms with E-state index < -0.39 is 29.1 Å². The maximum atomic E-state index is 14.0. The first kappa shape index (κ1) is 20.9. The maximum Gasteiger partial charge on any atom is 0.263 e. The second-order valence-electron chi connectivity index (χ2n) is 7.04. The highest BCUT2D eigenvalue weighted by molar-refractivity contribution is 5.72. The third kappa shape index (κ3) is 3.72. The molecule has 3 aromatic heterocycles. The van der Waals surface area contributed by atoms with Crippen molar-refractivity contribution >= 4 is 17.2 Å². The van der Waals surface area contributed by atoms with Crippen LogP contribution in [0.1, 0.15) is 24.1 Å². The molecule has 3 N–H and O–H groups in total. The number of rotatable bonds is 4. The second-order valence-corrected chi connectivity index (χ2v) is 7.04. The second kappa shape index (κ2) is 8.03. The Morgan fingerprint density at radius 1 is 1.09 bits per heavy atom. The van der Waals surface area contributed by atoms with Gasteiger partial charge in [0.2, 0.25) is 0 Å². The van der Waals surface area contributed by atoms with Crippen LogP contribution in [-0.4, -0.2) is 14.4 Å². The first-order valence-corrected chi connectivity index (χ1v) is 9.37. The highest BCUT2D eigenvalue weighted by Crippen LogP contribution is 2.30. The number of fused-ring (bicyclic) bond motifs is 1. The number of nitrogen functional groups attached to an aromatic ring is 1. The zero-order valence-electron chi connectivity index (χ0n) is 16.6. The van der Waals surface area contributed by atoms with E-state index in [2.05, 4.69) is 15.3 Å². The summed E-state index contributed by atoms with van der Waals surface area (Å²) in [5, 5.41) is 12.4. The summed E-state index contributed by atoms with van der Waals surface area (Å²) < 4.78 is 42.8. The molecule has 0 saturated heterocycles. The predicted octanol–water partition coefficient (Wildman–Crippen LogP) is 3.80. The molecule has 1 atom stereocenters. The molecule has 7 nitrogen and oxygen atoms in total. The highest BCUT2D eigenvalue weighted by atomic mass is 19.1. The first-order valence-electron chi connectivity index (χ1n) is 9.37. The molecule has 0 spiro atoms. The standard InChI is InChI=1S/C22H15F3N6O/c1-11(30-21-18(8-26)20(27)28-10-29-21)17-7-16-3-2-13(23)9-31(16)22(32)19(17)12-4-14(24)6-15(25)5-12/h2-7,9-11H,1H3,(H3,27,28,29,30)/t11-/m0/s1. The molecular formula is C22H15F3N6O. The third-order valence-electron chi connectivity index (χ3n) is 4.93. The zero-order chi connectivity index (χ0) is 23.0. The molecule has 0 aliphatic heterocycles. The van der Waals surface area contributed by atoms with E-state index in [-0.39, 0.29) is 28.3 Å². The van der Waals surface area contributed by atoms with Crippen molar-refractivity contribution in [3.8, 4) is 17.2 Å². The van der Waals surface area contributed by atoms with E-state index in [0.29, 0.717) is 17.1 Å². The Labute approximate surface area is 179 Å². The van der Waals surface area contributed by atoms with E-state index in [1.807, 2.05) is 6.07 Å². The van der Waals surface area contributed by atoms with Crippen LogP contribution in [0.15, 0.2) is 53.7 Å². The molecule has 32 heavy (non-hydrogen) atoms. The third-order valence-corrected chi connectivity index (χ3v) is 4.93. The summed E-state index contributed by atoms with van der Waals surface area (Å²) in [6.45, 7) is 1.67. The van der Waals surface area contributed by atoms with E-state index in [9.17, 15) is 23.2 Å².